The van der Waals surface area contributed by atoms with Gasteiger partial charge in [0.1, 0.15) is 15.8 Å². The zero-order valence-corrected chi connectivity index (χ0v) is 11.4. The first-order valence-electron chi connectivity index (χ1n) is 5.43. The van der Waals surface area contributed by atoms with Crippen molar-refractivity contribution in [2.75, 3.05) is 6.54 Å². The normalized spacial score (nSPS) is 18.5. The molecule has 17 heavy (non-hydrogen) atoms. The van der Waals surface area contributed by atoms with Gasteiger partial charge in [0.15, 0.2) is 0 Å². The van der Waals surface area contributed by atoms with Gasteiger partial charge in [-0.25, -0.2) is 0 Å². The number of hydrogen-bond acceptors (Lipinski definition) is 4. The molecule has 1 aliphatic heterocycles. The summed E-state index contributed by atoms with van der Waals surface area (Å²) in [6.07, 6.45) is 2.65. The molecule has 0 bridgehead atoms. The van der Waals surface area contributed by atoms with E-state index in [0.717, 1.165) is 12.2 Å². The van der Waals surface area contributed by atoms with Crippen molar-refractivity contribution in [3.8, 4) is 0 Å². The van der Waals surface area contributed by atoms with Crippen LogP contribution in [0.4, 0.5) is 0 Å². The first kappa shape index (κ1) is 12.4. The van der Waals surface area contributed by atoms with E-state index < -0.39 is 0 Å². The monoisotopic (exact) mass is 267 g/mol. The molecule has 1 fully saturated rings. The minimum atomic E-state index is -0.0177. The first-order valence-corrected chi connectivity index (χ1v) is 6.66. The van der Waals surface area contributed by atoms with Crippen LogP contribution in [0.5, 0.6) is 0 Å². The standard InChI is InChI=1S/C12H13NO2S2/c1-3-6-13-11(14)10(17-12(13)16)7-9-5-4-8(2)15-9/h4-5,7H,3,6H2,1-2H3. The largest absolute Gasteiger partial charge is 0.462 e. The lowest BCUT2D eigenvalue weighted by atomic mass is 10.3. The van der Waals surface area contributed by atoms with E-state index in [1.165, 1.54) is 11.8 Å². The van der Waals surface area contributed by atoms with Crippen LogP contribution in [0.3, 0.4) is 0 Å². The molecule has 0 aliphatic carbocycles. The number of nitrogens with zero attached hydrogens (tertiary/aromatic N) is 1. The molecule has 2 heterocycles. The quantitative estimate of drug-likeness (QED) is 0.622. The summed E-state index contributed by atoms with van der Waals surface area (Å²) in [5, 5.41) is 0. The van der Waals surface area contributed by atoms with Crippen molar-refractivity contribution in [3.63, 3.8) is 0 Å². The van der Waals surface area contributed by atoms with Gasteiger partial charge in [0.25, 0.3) is 5.91 Å². The summed E-state index contributed by atoms with van der Waals surface area (Å²) in [6.45, 7) is 4.58. The lowest BCUT2D eigenvalue weighted by Gasteiger charge is -2.11. The Hall–Kier alpha value is -1.07. The molecular weight excluding hydrogens is 254 g/mol. The SMILES string of the molecule is CCCN1C(=O)C(=Cc2ccc(C)o2)SC1=S. The highest BCUT2D eigenvalue weighted by Crippen LogP contribution is 2.32. The van der Waals surface area contributed by atoms with Gasteiger partial charge in [-0.3, -0.25) is 9.69 Å². The third kappa shape index (κ3) is 2.61. The van der Waals surface area contributed by atoms with Gasteiger partial charge in [-0.1, -0.05) is 30.9 Å². The van der Waals surface area contributed by atoms with E-state index in [1.54, 1.807) is 11.0 Å². The summed E-state index contributed by atoms with van der Waals surface area (Å²) in [7, 11) is 0. The van der Waals surface area contributed by atoms with Crippen molar-refractivity contribution < 1.29 is 9.21 Å². The van der Waals surface area contributed by atoms with Gasteiger partial charge in [-0.15, -0.1) is 0 Å². The Bertz CT molecular complexity index is 490. The topological polar surface area (TPSA) is 33.5 Å². The molecule has 1 amide bonds. The molecule has 1 aromatic heterocycles. The molecule has 3 nitrogen and oxygen atoms in total. The van der Waals surface area contributed by atoms with E-state index >= 15 is 0 Å². The van der Waals surface area contributed by atoms with E-state index in [2.05, 4.69) is 0 Å². The van der Waals surface area contributed by atoms with Crippen LogP contribution < -0.4 is 0 Å². The molecule has 0 radical (unpaired) electrons. The van der Waals surface area contributed by atoms with Crippen molar-refractivity contribution in [1.29, 1.82) is 0 Å². The highest BCUT2D eigenvalue weighted by atomic mass is 32.2. The van der Waals surface area contributed by atoms with Crippen LogP contribution in [-0.2, 0) is 4.79 Å². The van der Waals surface area contributed by atoms with Gasteiger partial charge in [-0.05, 0) is 25.5 Å². The maximum atomic E-state index is 12.0. The van der Waals surface area contributed by atoms with Gasteiger partial charge >= 0.3 is 0 Å². The number of rotatable bonds is 3. The molecule has 1 saturated heterocycles. The van der Waals surface area contributed by atoms with E-state index in [1.807, 2.05) is 26.0 Å². The maximum absolute atomic E-state index is 12.0. The molecule has 2 rings (SSSR count). The molecule has 1 aromatic rings. The Morgan fingerprint density at radius 2 is 2.29 bits per heavy atom. The minimum Gasteiger partial charge on any atom is -0.462 e. The van der Waals surface area contributed by atoms with Crippen LogP contribution in [0.25, 0.3) is 6.08 Å². The average Bonchev–Trinajstić information content (AvgIpc) is 2.79. The summed E-state index contributed by atoms with van der Waals surface area (Å²) in [5.41, 5.74) is 0. The van der Waals surface area contributed by atoms with Crippen LogP contribution in [0, 0.1) is 6.92 Å². The molecular formula is C12H13NO2S2. The van der Waals surface area contributed by atoms with Crippen LogP contribution in [0.2, 0.25) is 0 Å². The number of hydrogen-bond donors (Lipinski definition) is 0. The van der Waals surface area contributed by atoms with Crippen molar-refractivity contribution in [2.24, 2.45) is 0 Å². The Morgan fingerprint density at radius 1 is 1.53 bits per heavy atom. The highest BCUT2D eigenvalue weighted by molar-refractivity contribution is 8.26. The molecule has 0 N–H and O–H groups in total. The predicted molar refractivity (Wildman–Crippen MR) is 73.6 cm³/mol. The molecule has 0 unspecified atom stereocenters. The summed E-state index contributed by atoms with van der Waals surface area (Å²) < 4.78 is 6.05. The number of thiocarbonyl (C=S) groups is 1. The summed E-state index contributed by atoms with van der Waals surface area (Å²) >= 11 is 6.51. The lowest BCUT2D eigenvalue weighted by molar-refractivity contribution is -0.122. The number of carbonyl (C=O) groups is 1. The number of carbonyl (C=O) groups excluding carboxylic acids is 1. The zero-order chi connectivity index (χ0) is 12.4. The van der Waals surface area contributed by atoms with E-state index in [-0.39, 0.29) is 5.91 Å². The Labute approximate surface area is 110 Å². The van der Waals surface area contributed by atoms with Crippen molar-refractivity contribution in [3.05, 3.63) is 28.6 Å². The smallest absolute Gasteiger partial charge is 0.266 e. The van der Waals surface area contributed by atoms with Crippen molar-refractivity contribution >= 4 is 40.3 Å². The lowest BCUT2D eigenvalue weighted by Crippen LogP contribution is -2.28. The second-order valence-electron chi connectivity index (χ2n) is 3.78. The highest BCUT2D eigenvalue weighted by Gasteiger charge is 2.31. The molecule has 90 valence electrons. The zero-order valence-electron chi connectivity index (χ0n) is 9.73. The van der Waals surface area contributed by atoms with Gasteiger partial charge in [0, 0.05) is 12.6 Å². The summed E-state index contributed by atoms with van der Waals surface area (Å²) in [5.74, 6) is 1.51. The summed E-state index contributed by atoms with van der Waals surface area (Å²) in [4.78, 5) is 14.3. The second kappa shape index (κ2) is 5.06. The number of aryl methyl sites for hydroxylation is 1. The third-order valence-electron chi connectivity index (χ3n) is 2.36. The molecule has 0 atom stereocenters. The fourth-order valence-corrected chi connectivity index (χ4v) is 2.87. The minimum absolute atomic E-state index is 0.0177. The third-order valence-corrected chi connectivity index (χ3v) is 3.73. The average molecular weight is 267 g/mol. The van der Waals surface area contributed by atoms with Crippen LogP contribution in [0.1, 0.15) is 24.9 Å². The Morgan fingerprint density at radius 3 is 2.88 bits per heavy atom. The van der Waals surface area contributed by atoms with Gasteiger partial charge in [0.05, 0.1) is 4.91 Å². The predicted octanol–water partition coefficient (Wildman–Crippen LogP) is 3.20. The van der Waals surface area contributed by atoms with E-state index in [4.69, 9.17) is 16.6 Å². The van der Waals surface area contributed by atoms with Gasteiger partial charge < -0.3 is 4.42 Å². The first-order chi connectivity index (χ1) is 8.11. The maximum Gasteiger partial charge on any atom is 0.266 e. The molecule has 5 heteroatoms. The van der Waals surface area contributed by atoms with Crippen LogP contribution in [0.15, 0.2) is 21.5 Å². The van der Waals surface area contributed by atoms with Crippen molar-refractivity contribution in [1.82, 2.24) is 4.90 Å². The Balaban J connectivity index is 2.21. The fourth-order valence-electron chi connectivity index (χ4n) is 1.58. The molecule has 0 spiro atoms. The number of amides is 1. The van der Waals surface area contributed by atoms with E-state index in [9.17, 15) is 4.79 Å². The van der Waals surface area contributed by atoms with Gasteiger partial charge in [0.2, 0.25) is 0 Å². The number of furan rings is 1. The van der Waals surface area contributed by atoms with Crippen molar-refractivity contribution in [2.45, 2.75) is 20.3 Å². The van der Waals surface area contributed by atoms with Crippen LogP contribution in [-0.4, -0.2) is 21.7 Å². The molecule has 1 aliphatic rings. The second-order valence-corrected chi connectivity index (χ2v) is 5.46. The molecule has 0 aromatic carbocycles. The van der Waals surface area contributed by atoms with Gasteiger partial charge in [-0.2, -0.15) is 0 Å². The molecule has 0 saturated carbocycles. The number of thioether (sulfide) groups is 1. The van der Waals surface area contributed by atoms with Crippen LogP contribution >= 0.6 is 24.0 Å². The Kier molecular flexibility index (Phi) is 3.69. The van der Waals surface area contributed by atoms with E-state index in [0.29, 0.717) is 21.5 Å². The fraction of sp³-hybridized carbons (Fsp3) is 0.333. The summed E-state index contributed by atoms with van der Waals surface area (Å²) in [6, 6.07) is 3.72.